The number of hydrogen-bond donors (Lipinski definition) is 0. The van der Waals surface area contributed by atoms with Crippen LogP contribution in [0.5, 0.6) is 0 Å². The maximum atomic E-state index is 12.9. The number of hydrogen-bond acceptors (Lipinski definition) is 6. The Morgan fingerprint density at radius 2 is 1.83 bits per heavy atom. The van der Waals surface area contributed by atoms with Crippen molar-refractivity contribution in [3.05, 3.63) is 65.5 Å². The minimum atomic E-state index is -3.54. The molecule has 1 unspecified atom stereocenters. The Morgan fingerprint density at radius 3 is 2.57 bits per heavy atom. The van der Waals surface area contributed by atoms with E-state index in [4.69, 9.17) is 16.0 Å². The van der Waals surface area contributed by atoms with Crippen LogP contribution in [0, 0.1) is 5.41 Å². The van der Waals surface area contributed by atoms with Gasteiger partial charge in [-0.05, 0) is 43.8 Å². The van der Waals surface area contributed by atoms with Gasteiger partial charge in [0.25, 0.3) is 0 Å². The molecule has 0 radical (unpaired) electrons. The number of halogens is 1. The van der Waals surface area contributed by atoms with Crippen LogP contribution in [0.4, 0.5) is 0 Å². The lowest BCUT2D eigenvalue weighted by Crippen LogP contribution is -2.59. The summed E-state index contributed by atoms with van der Waals surface area (Å²) >= 11 is 5.98. The molecule has 1 aromatic heterocycles. The molecule has 3 aromatic rings. The fourth-order valence-corrected chi connectivity index (χ4v) is 6.46. The van der Waals surface area contributed by atoms with E-state index in [0.717, 1.165) is 18.5 Å². The number of rotatable bonds is 4. The summed E-state index contributed by atoms with van der Waals surface area (Å²) in [7, 11) is -1.53. The molecule has 156 valence electrons. The SMILES string of the molecule is CN1CC2(CC1c1nnc(-c3ccccc3)o1)CN(S(=O)(=O)c1cccc(Cl)c1)C2. The van der Waals surface area contributed by atoms with E-state index in [0.29, 0.717) is 29.9 Å². The van der Waals surface area contributed by atoms with Crippen molar-refractivity contribution in [1.29, 1.82) is 0 Å². The molecule has 2 saturated heterocycles. The van der Waals surface area contributed by atoms with Gasteiger partial charge in [-0.1, -0.05) is 35.9 Å². The van der Waals surface area contributed by atoms with Gasteiger partial charge < -0.3 is 4.42 Å². The Morgan fingerprint density at radius 1 is 1.07 bits per heavy atom. The van der Waals surface area contributed by atoms with Gasteiger partial charge in [-0.3, -0.25) is 4.90 Å². The molecule has 2 fully saturated rings. The molecule has 3 heterocycles. The third-order valence-corrected chi connectivity index (χ3v) is 7.97. The predicted molar refractivity (Wildman–Crippen MR) is 112 cm³/mol. The van der Waals surface area contributed by atoms with Gasteiger partial charge in [0.15, 0.2) is 0 Å². The average molecular weight is 445 g/mol. The molecule has 0 N–H and O–H groups in total. The zero-order valence-electron chi connectivity index (χ0n) is 16.4. The molecule has 0 amide bonds. The molecule has 2 aliphatic heterocycles. The number of sulfonamides is 1. The minimum Gasteiger partial charge on any atom is -0.419 e. The second-order valence-corrected chi connectivity index (χ2v) is 10.6. The molecule has 1 atom stereocenters. The van der Waals surface area contributed by atoms with Crippen molar-refractivity contribution in [1.82, 2.24) is 19.4 Å². The van der Waals surface area contributed by atoms with Gasteiger partial charge in [0.1, 0.15) is 0 Å². The molecule has 9 heteroatoms. The first kappa shape index (κ1) is 19.7. The summed E-state index contributed by atoms with van der Waals surface area (Å²) in [5, 5.41) is 8.88. The Labute approximate surface area is 180 Å². The summed E-state index contributed by atoms with van der Waals surface area (Å²) in [5.41, 5.74) is 0.779. The largest absolute Gasteiger partial charge is 0.419 e. The molecule has 2 aromatic carbocycles. The third kappa shape index (κ3) is 3.33. The van der Waals surface area contributed by atoms with Gasteiger partial charge in [0.05, 0.1) is 10.9 Å². The van der Waals surface area contributed by atoms with Gasteiger partial charge in [0.2, 0.25) is 21.8 Å². The Bertz CT molecular complexity index is 1180. The highest BCUT2D eigenvalue weighted by Gasteiger charge is 2.55. The maximum absolute atomic E-state index is 12.9. The van der Waals surface area contributed by atoms with E-state index in [2.05, 4.69) is 15.1 Å². The standard InChI is InChI=1S/C21H21ClN4O3S/c1-25-12-21(13-26(14-21)30(27,28)17-9-5-8-16(22)10-17)11-18(25)20-24-23-19(29-20)15-6-3-2-4-7-15/h2-10,18H,11-14H2,1H3. The lowest BCUT2D eigenvalue weighted by atomic mass is 9.79. The van der Waals surface area contributed by atoms with E-state index in [-0.39, 0.29) is 16.4 Å². The second-order valence-electron chi connectivity index (χ2n) is 8.18. The maximum Gasteiger partial charge on any atom is 0.247 e. The van der Waals surface area contributed by atoms with Crippen molar-refractivity contribution in [2.45, 2.75) is 17.4 Å². The molecule has 0 saturated carbocycles. The molecular formula is C21H21ClN4O3S. The van der Waals surface area contributed by atoms with Crippen LogP contribution in [0.2, 0.25) is 5.02 Å². The van der Waals surface area contributed by atoms with Crippen molar-refractivity contribution < 1.29 is 12.8 Å². The van der Waals surface area contributed by atoms with Gasteiger partial charge in [-0.25, -0.2) is 8.42 Å². The van der Waals surface area contributed by atoms with Crippen LogP contribution in [-0.2, 0) is 10.0 Å². The number of aromatic nitrogens is 2. The molecule has 5 rings (SSSR count). The van der Waals surface area contributed by atoms with Crippen LogP contribution >= 0.6 is 11.6 Å². The fraction of sp³-hybridized carbons (Fsp3) is 0.333. The van der Waals surface area contributed by atoms with Gasteiger partial charge in [-0.2, -0.15) is 4.31 Å². The number of nitrogens with zero attached hydrogens (tertiary/aromatic N) is 4. The highest BCUT2D eigenvalue weighted by atomic mass is 35.5. The average Bonchev–Trinajstić information content (AvgIpc) is 3.32. The van der Waals surface area contributed by atoms with Crippen molar-refractivity contribution in [2.24, 2.45) is 5.41 Å². The van der Waals surface area contributed by atoms with E-state index < -0.39 is 10.0 Å². The Balaban J connectivity index is 1.31. The van der Waals surface area contributed by atoms with Crippen LogP contribution in [0.1, 0.15) is 18.4 Å². The summed E-state index contributed by atoms with van der Waals surface area (Å²) in [4.78, 5) is 2.41. The highest BCUT2D eigenvalue weighted by molar-refractivity contribution is 7.89. The predicted octanol–water partition coefficient (Wildman–Crippen LogP) is 3.46. The van der Waals surface area contributed by atoms with Crippen molar-refractivity contribution >= 4 is 21.6 Å². The number of likely N-dealkylation sites (tertiary alicyclic amines) is 1. The molecule has 0 aliphatic carbocycles. The smallest absolute Gasteiger partial charge is 0.247 e. The molecule has 0 bridgehead atoms. The van der Waals surface area contributed by atoms with E-state index in [1.807, 2.05) is 37.4 Å². The van der Waals surface area contributed by atoms with Crippen LogP contribution in [-0.4, -0.2) is 54.5 Å². The van der Waals surface area contributed by atoms with Crippen molar-refractivity contribution in [3.8, 4) is 11.5 Å². The quantitative estimate of drug-likeness (QED) is 0.613. The minimum absolute atomic E-state index is 0.0222. The fourth-order valence-electron chi connectivity index (χ4n) is 4.49. The lowest BCUT2D eigenvalue weighted by molar-refractivity contribution is 0.0808. The van der Waals surface area contributed by atoms with Gasteiger partial charge in [0, 0.05) is 35.6 Å². The Kier molecular flexibility index (Phi) is 4.70. The molecule has 2 aliphatic rings. The summed E-state index contributed by atoms with van der Waals surface area (Å²) in [5.74, 6) is 1.07. The topological polar surface area (TPSA) is 79.5 Å². The molecule has 7 nitrogen and oxygen atoms in total. The van der Waals surface area contributed by atoms with Gasteiger partial charge in [-0.15, -0.1) is 10.2 Å². The van der Waals surface area contributed by atoms with Crippen LogP contribution in [0.3, 0.4) is 0 Å². The molecule has 30 heavy (non-hydrogen) atoms. The first-order valence-electron chi connectivity index (χ1n) is 9.71. The summed E-state index contributed by atoms with van der Waals surface area (Å²) in [6.07, 6.45) is 0.779. The number of benzene rings is 2. The summed E-state index contributed by atoms with van der Waals surface area (Å²) in [6.45, 7) is 1.73. The zero-order chi connectivity index (χ0) is 20.9. The van der Waals surface area contributed by atoms with Crippen molar-refractivity contribution in [2.75, 3.05) is 26.7 Å². The van der Waals surface area contributed by atoms with E-state index >= 15 is 0 Å². The van der Waals surface area contributed by atoms with E-state index in [1.54, 1.807) is 18.2 Å². The normalized spacial score (nSPS) is 21.7. The molecule has 1 spiro atoms. The lowest BCUT2D eigenvalue weighted by Gasteiger charge is -2.46. The third-order valence-electron chi connectivity index (χ3n) is 5.95. The zero-order valence-corrected chi connectivity index (χ0v) is 18.0. The molecular weight excluding hydrogens is 424 g/mol. The van der Waals surface area contributed by atoms with Crippen LogP contribution < -0.4 is 0 Å². The van der Waals surface area contributed by atoms with E-state index in [9.17, 15) is 8.42 Å². The first-order valence-corrected chi connectivity index (χ1v) is 11.5. The monoisotopic (exact) mass is 444 g/mol. The van der Waals surface area contributed by atoms with E-state index in [1.165, 1.54) is 10.4 Å². The highest BCUT2D eigenvalue weighted by Crippen LogP contribution is 2.49. The van der Waals surface area contributed by atoms with Crippen molar-refractivity contribution in [3.63, 3.8) is 0 Å². The van der Waals surface area contributed by atoms with Crippen LogP contribution in [0.15, 0.2) is 63.9 Å². The summed E-state index contributed by atoms with van der Waals surface area (Å²) < 4.78 is 33.3. The second kappa shape index (κ2) is 7.16. The van der Waals surface area contributed by atoms with Gasteiger partial charge >= 0.3 is 0 Å². The Hall–Kier alpha value is -2.26. The van der Waals surface area contributed by atoms with Crippen LogP contribution in [0.25, 0.3) is 11.5 Å². The summed E-state index contributed by atoms with van der Waals surface area (Å²) in [6, 6.07) is 16.0. The first-order chi connectivity index (χ1) is 14.4.